The van der Waals surface area contributed by atoms with Gasteiger partial charge in [-0.2, -0.15) is 0 Å². The molecule has 2 aromatic carbocycles. The van der Waals surface area contributed by atoms with E-state index in [1.165, 1.54) is 5.57 Å². The van der Waals surface area contributed by atoms with Crippen molar-refractivity contribution in [3.05, 3.63) is 71.4 Å². The smallest absolute Gasteiger partial charge is 0.342 e. The molecular formula is C26H22N2O3. The fourth-order valence-electron chi connectivity index (χ4n) is 5.03. The van der Waals surface area contributed by atoms with Crippen LogP contribution in [-0.2, 0) is 11.3 Å². The van der Waals surface area contributed by atoms with Crippen LogP contribution in [0.2, 0.25) is 0 Å². The molecule has 2 aromatic heterocycles. The molecule has 1 aliphatic carbocycles. The predicted molar refractivity (Wildman–Crippen MR) is 121 cm³/mol. The normalized spacial score (nSPS) is 18.1. The molecule has 5 nitrogen and oxygen atoms in total. The van der Waals surface area contributed by atoms with Crippen molar-refractivity contribution in [1.82, 2.24) is 9.88 Å². The first kappa shape index (κ1) is 18.3. The summed E-state index contributed by atoms with van der Waals surface area (Å²) < 4.78 is 11.7. The number of esters is 1. The largest absolute Gasteiger partial charge is 0.457 e. The van der Waals surface area contributed by atoms with Crippen molar-refractivity contribution in [2.24, 2.45) is 0 Å². The zero-order valence-corrected chi connectivity index (χ0v) is 17.5. The highest BCUT2D eigenvalue weighted by Gasteiger charge is 2.35. The minimum atomic E-state index is -0.325. The third kappa shape index (κ3) is 2.66. The summed E-state index contributed by atoms with van der Waals surface area (Å²) in [7, 11) is 4.23. The number of cyclic esters (lactones) is 1. The van der Waals surface area contributed by atoms with E-state index in [0.29, 0.717) is 22.9 Å². The molecule has 0 spiro atoms. The van der Waals surface area contributed by atoms with Gasteiger partial charge in [0.25, 0.3) is 0 Å². The maximum atomic E-state index is 12.8. The van der Waals surface area contributed by atoms with Crippen LogP contribution in [0.3, 0.4) is 0 Å². The Morgan fingerprint density at radius 3 is 2.65 bits per heavy atom. The molecule has 0 saturated carbocycles. The van der Waals surface area contributed by atoms with Crippen LogP contribution in [-0.4, -0.2) is 36.0 Å². The number of hydrogen-bond donors (Lipinski definition) is 0. The van der Waals surface area contributed by atoms with Gasteiger partial charge >= 0.3 is 5.97 Å². The molecule has 1 atom stereocenters. The number of pyridine rings is 1. The molecule has 6 rings (SSSR count). The van der Waals surface area contributed by atoms with Crippen molar-refractivity contribution < 1.29 is 13.9 Å². The van der Waals surface area contributed by atoms with E-state index in [9.17, 15) is 4.79 Å². The van der Waals surface area contributed by atoms with Crippen LogP contribution in [0, 0.1) is 0 Å². The molecule has 5 heteroatoms. The highest BCUT2D eigenvalue weighted by molar-refractivity contribution is 6.20. The molecule has 4 aromatic rings. The average Bonchev–Trinajstić information content (AvgIpc) is 3.50. The summed E-state index contributed by atoms with van der Waals surface area (Å²) >= 11 is 0. The van der Waals surface area contributed by atoms with Gasteiger partial charge in [0.2, 0.25) is 5.71 Å². The van der Waals surface area contributed by atoms with Gasteiger partial charge in [-0.25, -0.2) is 9.78 Å². The summed E-state index contributed by atoms with van der Waals surface area (Å²) in [5.41, 5.74) is 7.19. The van der Waals surface area contributed by atoms with Crippen LogP contribution >= 0.6 is 0 Å². The minimum Gasteiger partial charge on any atom is -0.457 e. The third-order valence-electron chi connectivity index (χ3n) is 6.50. The van der Waals surface area contributed by atoms with Gasteiger partial charge in [0.05, 0.1) is 0 Å². The van der Waals surface area contributed by atoms with E-state index in [4.69, 9.17) is 9.15 Å². The number of allylic oxidation sites excluding steroid dienone is 1. The Morgan fingerprint density at radius 2 is 1.87 bits per heavy atom. The first-order valence-corrected chi connectivity index (χ1v) is 10.6. The van der Waals surface area contributed by atoms with Crippen molar-refractivity contribution in [3.63, 3.8) is 0 Å². The van der Waals surface area contributed by atoms with Crippen molar-refractivity contribution >= 4 is 33.6 Å². The number of likely N-dealkylation sites (N-methyl/N-ethyl adjacent to an activating group) is 1. The Hall–Kier alpha value is -3.44. The predicted octanol–water partition coefficient (Wildman–Crippen LogP) is 5.43. The molecule has 0 amide bonds. The number of aromatic nitrogens is 1. The van der Waals surface area contributed by atoms with Crippen LogP contribution in [0.15, 0.2) is 59.2 Å². The lowest BCUT2D eigenvalue weighted by Gasteiger charge is -2.17. The Labute approximate surface area is 179 Å². The fraction of sp³-hybridized carbons (Fsp3) is 0.231. The molecule has 0 saturated heterocycles. The van der Waals surface area contributed by atoms with Gasteiger partial charge in [0, 0.05) is 28.6 Å². The lowest BCUT2D eigenvalue weighted by molar-refractivity contribution is 0.0536. The summed E-state index contributed by atoms with van der Waals surface area (Å²) in [6.45, 7) is 0.260. The summed E-state index contributed by atoms with van der Waals surface area (Å²) in [6.07, 6.45) is 6.12. The van der Waals surface area contributed by atoms with Crippen molar-refractivity contribution in [3.8, 4) is 11.1 Å². The maximum absolute atomic E-state index is 12.8. The van der Waals surface area contributed by atoms with Gasteiger partial charge in [0.15, 0.2) is 5.58 Å². The van der Waals surface area contributed by atoms with Gasteiger partial charge in [-0.3, -0.25) is 0 Å². The SMILES string of the molecule is CN(C)C1C=C(c2c(-c3ccccc3)c3c(c4oc5ncccc5c24)C(=O)OC3)CC1. The number of carbonyl (C=O) groups excluding carboxylic acids is 1. The zero-order chi connectivity index (χ0) is 21.1. The minimum absolute atomic E-state index is 0.260. The number of fused-ring (bicyclic) bond motifs is 5. The summed E-state index contributed by atoms with van der Waals surface area (Å²) in [5.74, 6) is -0.325. The second-order valence-electron chi connectivity index (χ2n) is 8.47. The summed E-state index contributed by atoms with van der Waals surface area (Å²) in [6, 6.07) is 14.6. The van der Waals surface area contributed by atoms with Crippen LogP contribution in [0.4, 0.5) is 0 Å². The van der Waals surface area contributed by atoms with Gasteiger partial charge in [-0.15, -0.1) is 0 Å². The monoisotopic (exact) mass is 410 g/mol. The first-order chi connectivity index (χ1) is 15.1. The van der Waals surface area contributed by atoms with E-state index < -0.39 is 0 Å². The van der Waals surface area contributed by atoms with Crippen LogP contribution in [0.25, 0.3) is 38.8 Å². The van der Waals surface area contributed by atoms with Gasteiger partial charge in [-0.05, 0) is 61.3 Å². The van der Waals surface area contributed by atoms with Crippen LogP contribution < -0.4 is 0 Å². The molecule has 0 fully saturated rings. The van der Waals surface area contributed by atoms with E-state index >= 15 is 0 Å². The number of benzene rings is 2. The van der Waals surface area contributed by atoms with Gasteiger partial charge < -0.3 is 14.1 Å². The molecular weight excluding hydrogens is 388 g/mol. The Morgan fingerprint density at radius 1 is 1.03 bits per heavy atom. The Bertz CT molecular complexity index is 1380. The maximum Gasteiger partial charge on any atom is 0.342 e. The van der Waals surface area contributed by atoms with Crippen molar-refractivity contribution in [2.75, 3.05) is 14.1 Å². The molecule has 0 radical (unpaired) electrons. The van der Waals surface area contributed by atoms with E-state index in [-0.39, 0.29) is 12.6 Å². The highest BCUT2D eigenvalue weighted by atomic mass is 16.5. The molecule has 3 heterocycles. The number of rotatable bonds is 3. The van der Waals surface area contributed by atoms with Crippen LogP contribution in [0.1, 0.15) is 34.3 Å². The molecule has 31 heavy (non-hydrogen) atoms. The van der Waals surface area contributed by atoms with E-state index in [1.54, 1.807) is 6.20 Å². The zero-order valence-electron chi connectivity index (χ0n) is 17.5. The topological polar surface area (TPSA) is 55.6 Å². The molecule has 2 aliphatic rings. The number of nitrogens with zero attached hydrogens (tertiary/aromatic N) is 2. The Kier molecular flexibility index (Phi) is 4.02. The quantitative estimate of drug-likeness (QED) is 0.422. The summed E-state index contributed by atoms with van der Waals surface area (Å²) in [4.78, 5) is 19.5. The van der Waals surface area contributed by atoms with Crippen molar-refractivity contribution in [1.29, 1.82) is 0 Å². The lowest BCUT2D eigenvalue weighted by atomic mass is 9.85. The number of carbonyl (C=O) groups is 1. The highest BCUT2D eigenvalue weighted by Crippen LogP contribution is 2.48. The molecule has 1 unspecified atom stereocenters. The number of furan rings is 1. The average molecular weight is 410 g/mol. The van der Waals surface area contributed by atoms with Gasteiger partial charge in [-0.1, -0.05) is 36.4 Å². The van der Waals surface area contributed by atoms with E-state index in [2.05, 4.69) is 42.2 Å². The van der Waals surface area contributed by atoms with Gasteiger partial charge in [0.1, 0.15) is 12.2 Å². The number of ether oxygens (including phenoxy) is 1. The third-order valence-corrected chi connectivity index (χ3v) is 6.50. The Balaban J connectivity index is 1.80. The molecule has 154 valence electrons. The molecule has 1 aliphatic heterocycles. The number of hydrogen-bond acceptors (Lipinski definition) is 5. The van der Waals surface area contributed by atoms with Crippen molar-refractivity contribution in [2.45, 2.75) is 25.5 Å². The van der Waals surface area contributed by atoms with E-state index in [0.717, 1.165) is 45.9 Å². The summed E-state index contributed by atoms with van der Waals surface area (Å²) in [5, 5.41) is 1.89. The molecule has 0 bridgehead atoms. The first-order valence-electron chi connectivity index (χ1n) is 10.6. The second-order valence-corrected chi connectivity index (χ2v) is 8.47. The standard InChI is InChI=1S/C26H22N2O3/c1-28(2)17-11-10-16(13-17)21-20(15-7-4-3-5-8-15)19-14-30-26(29)23(19)24-22(21)18-9-6-12-27-25(18)31-24/h3-9,12-13,17H,10-11,14H2,1-2H3. The van der Waals surface area contributed by atoms with Crippen LogP contribution in [0.5, 0.6) is 0 Å². The fourth-order valence-corrected chi connectivity index (χ4v) is 5.03. The van der Waals surface area contributed by atoms with E-state index in [1.807, 2.05) is 30.3 Å². The second kappa shape index (κ2) is 6.79. The lowest BCUT2D eigenvalue weighted by Crippen LogP contribution is -2.23. The molecule has 0 N–H and O–H groups in total.